The number of aryl methyl sites for hydroxylation is 1. The van der Waals surface area contributed by atoms with Gasteiger partial charge in [-0.15, -0.1) is 0 Å². The number of amides is 1. The van der Waals surface area contributed by atoms with E-state index in [0.29, 0.717) is 6.61 Å². The lowest BCUT2D eigenvalue weighted by molar-refractivity contribution is -0.129. The molecule has 126 valence electrons. The molecule has 4 heteroatoms. The third-order valence-electron chi connectivity index (χ3n) is 5.42. The molecule has 1 aliphatic carbocycles. The fourth-order valence-electron chi connectivity index (χ4n) is 3.98. The summed E-state index contributed by atoms with van der Waals surface area (Å²) in [6.07, 6.45) is 5.79. The quantitative estimate of drug-likeness (QED) is 0.900. The van der Waals surface area contributed by atoms with Crippen LogP contribution in [-0.2, 0) is 11.2 Å². The molecule has 1 fully saturated rings. The lowest BCUT2D eigenvalue weighted by Gasteiger charge is -2.38. The molecule has 3 unspecified atom stereocenters. The normalized spacial score (nSPS) is 30.2. The summed E-state index contributed by atoms with van der Waals surface area (Å²) in [7, 11) is 0. The number of hydrogen-bond acceptors (Lipinski definition) is 3. The van der Waals surface area contributed by atoms with Crippen LogP contribution in [0.15, 0.2) is 18.2 Å². The molecule has 0 spiro atoms. The van der Waals surface area contributed by atoms with Crippen molar-refractivity contribution >= 4 is 5.91 Å². The van der Waals surface area contributed by atoms with Gasteiger partial charge in [0.1, 0.15) is 5.75 Å². The van der Waals surface area contributed by atoms with Crippen LogP contribution in [0, 0.1) is 5.92 Å². The highest BCUT2D eigenvalue weighted by Crippen LogP contribution is 2.37. The number of para-hydroxylation sites is 1. The van der Waals surface area contributed by atoms with Crippen molar-refractivity contribution in [1.29, 1.82) is 0 Å². The zero-order valence-electron chi connectivity index (χ0n) is 14.2. The molecule has 3 atom stereocenters. The van der Waals surface area contributed by atoms with Gasteiger partial charge in [0.15, 0.2) is 0 Å². The number of hydrogen-bond donors (Lipinski definition) is 2. The third-order valence-corrected chi connectivity index (χ3v) is 5.42. The average molecular weight is 316 g/mol. The van der Waals surface area contributed by atoms with Gasteiger partial charge in [0.05, 0.1) is 18.6 Å². The van der Waals surface area contributed by atoms with Gasteiger partial charge in [-0.3, -0.25) is 4.79 Å². The molecule has 3 rings (SSSR count). The summed E-state index contributed by atoms with van der Waals surface area (Å²) in [5.74, 6) is 0.983. The number of fused-ring (bicyclic) bond motifs is 1. The van der Waals surface area contributed by atoms with E-state index in [9.17, 15) is 4.79 Å². The largest absolute Gasteiger partial charge is 0.493 e. The van der Waals surface area contributed by atoms with E-state index in [4.69, 9.17) is 10.5 Å². The minimum atomic E-state index is -0.387. The summed E-state index contributed by atoms with van der Waals surface area (Å²) in [6, 6.07) is 6.26. The Morgan fingerprint density at radius 3 is 2.96 bits per heavy atom. The predicted molar refractivity (Wildman–Crippen MR) is 91.4 cm³/mol. The smallest absolute Gasteiger partial charge is 0.225 e. The molecule has 23 heavy (non-hydrogen) atoms. The first-order valence-electron chi connectivity index (χ1n) is 8.87. The van der Waals surface area contributed by atoms with Crippen molar-refractivity contribution in [2.24, 2.45) is 11.7 Å². The number of nitrogens with one attached hydrogen (secondary N) is 1. The average Bonchev–Trinajstić information content (AvgIpc) is 2.54. The summed E-state index contributed by atoms with van der Waals surface area (Å²) < 4.78 is 5.87. The van der Waals surface area contributed by atoms with Crippen LogP contribution >= 0.6 is 0 Å². The summed E-state index contributed by atoms with van der Waals surface area (Å²) in [6.45, 7) is 4.80. The highest BCUT2D eigenvalue weighted by molar-refractivity contribution is 5.80. The van der Waals surface area contributed by atoms with Crippen molar-refractivity contribution in [1.82, 2.24) is 5.32 Å². The fourth-order valence-corrected chi connectivity index (χ4v) is 3.98. The zero-order chi connectivity index (χ0) is 16.4. The summed E-state index contributed by atoms with van der Waals surface area (Å²) in [4.78, 5) is 12.8. The monoisotopic (exact) mass is 316 g/mol. The van der Waals surface area contributed by atoms with E-state index in [1.54, 1.807) is 0 Å². The molecule has 2 aliphatic rings. The fraction of sp³-hybridized carbons (Fsp3) is 0.632. The molecule has 1 heterocycles. The number of carbonyl (C=O) groups excluding carboxylic acids is 1. The first kappa shape index (κ1) is 16.3. The third kappa shape index (κ3) is 3.23. The topological polar surface area (TPSA) is 64.3 Å². The first-order chi connectivity index (χ1) is 11.0. The Balaban J connectivity index is 1.78. The van der Waals surface area contributed by atoms with Gasteiger partial charge in [0, 0.05) is 17.5 Å². The summed E-state index contributed by atoms with van der Waals surface area (Å²) >= 11 is 0. The number of benzene rings is 1. The zero-order valence-corrected chi connectivity index (χ0v) is 14.2. The maximum Gasteiger partial charge on any atom is 0.225 e. The Hall–Kier alpha value is -1.55. The van der Waals surface area contributed by atoms with Crippen LogP contribution in [0.3, 0.4) is 0 Å². The molecule has 0 aromatic heterocycles. The van der Waals surface area contributed by atoms with E-state index < -0.39 is 0 Å². The van der Waals surface area contributed by atoms with Crippen LogP contribution in [-0.4, -0.2) is 18.1 Å². The van der Waals surface area contributed by atoms with Crippen molar-refractivity contribution in [3.8, 4) is 5.75 Å². The molecule has 1 aliphatic heterocycles. The highest BCUT2D eigenvalue weighted by atomic mass is 16.5. The molecule has 3 N–H and O–H groups in total. The van der Waals surface area contributed by atoms with Gasteiger partial charge in [-0.05, 0) is 31.7 Å². The van der Waals surface area contributed by atoms with Gasteiger partial charge < -0.3 is 15.8 Å². The lowest BCUT2D eigenvalue weighted by atomic mass is 9.74. The Morgan fingerprint density at radius 1 is 1.39 bits per heavy atom. The van der Waals surface area contributed by atoms with Crippen molar-refractivity contribution in [3.05, 3.63) is 29.3 Å². The van der Waals surface area contributed by atoms with Gasteiger partial charge in [-0.2, -0.15) is 0 Å². The molecule has 4 nitrogen and oxygen atoms in total. The maximum atomic E-state index is 12.8. The van der Waals surface area contributed by atoms with E-state index >= 15 is 0 Å². The van der Waals surface area contributed by atoms with Crippen LogP contribution < -0.4 is 15.8 Å². The Bertz CT molecular complexity index is 583. The Morgan fingerprint density at radius 2 is 2.22 bits per heavy atom. The summed E-state index contributed by atoms with van der Waals surface area (Å²) in [5.41, 5.74) is 8.32. The standard InChI is InChI=1S/C19H28N2O2/c1-3-13-7-6-8-14-16(10-12-23-17(13)14)21-18(22)15-9-4-5-11-19(15,2)20/h6-8,15-16H,3-5,9-12,20H2,1-2H3,(H,21,22). The van der Waals surface area contributed by atoms with Crippen LogP contribution in [0.4, 0.5) is 0 Å². The molecular formula is C19H28N2O2. The molecule has 1 aromatic rings. The van der Waals surface area contributed by atoms with E-state index in [2.05, 4.69) is 30.4 Å². The first-order valence-corrected chi connectivity index (χ1v) is 8.87. The van der Waals surface area contributed by atoms with E-state index in [1.807, 2.05) is 6.92 Å². The van der Waals surface area contributed by atoms with Gasteiger partial charge in [0.2, 0.25) is 5.91 Å². The minimum absolute atomic E-state index is 0.0375. The SMILES string of the molecule is CCc1cccc2c1OCCC2NC(=O)C1CCCCC1(C)N. The Kier molecular flexibility index (Phi) is 4.62. The van der Waals surface area contributed by atoms with Gasteiger partial charge in [0.25, 0.3) is 0 Å². The van der Waals surface area contributed by atoms with Crippen LogP contribution in [0.5, 0.6) is 5.75 Å². The highest BCUT2D eigenvalue weighted by Gasteiger charge is 2.39. The molecular weight excluding hydrogens is 288 g/mol. The number of ether oxygens (including phenoxy) is 1. The minimum Gasteiger partial charge on any atom is -0.493 e. The van der Waals surface area contributed by atoms with Gasteiger partial charge in [-0.25, -0.2) is 0 Å². The van der Waals surface area contributed by atoms with Crippen molar-refractivity contribution < 1.29 is 9.53 Å². The van der Waals surface area contributed by atoms with Gasteiger partial charge >= 0.3 is 0 Å². The van der Waals surface area contributed by atoms with E-state index in [0.717, 1.165) is 49.8 Å². The second-order valence-corrected chi connectivity index (χ2v) is 7.19. The molecule has 1 saturated carbocycles. The van der Waals surface area contributed by atoms with Crippen molar-refractivity contribution in [2.75, 3.05) is 6.61 Å². The molecule has 1 amide bonds. The predicted octanol–water partition coefficient (Wildman–Crippen LogP) is 3.10. The van der Waals surface area contributed by atoms with Gasteiger partial charge in [-0.1, -0.05) is 38.0 Å². The van der Waals surface area contributed by atoms with Crippen LogP contribution in [0.25, 0.3) is 0 Å². The van der Waals surface area contributed by atoms with Crippen molar-refractivity contribution in [3.63, 3.8) is 0 Å². The maximum absolute atomic E-state index is 12.8. The van der Waals surface area contributed by atoms with E-state index in [1.165, 1.54) is 5.56 Å². The molecule has 0 radical (unpaired) electrons. The lowest BCUT2D eigenvalue weighted by Crippen LogP contribution is -2.53. The van der Waals surface area contributed by atoms with E-state index in [-0.39, 0.29) is 23.4 Å². The molecule has 1 aromatic carbocycles. The summed E-state index contributed by atoms with van der Waals surface area (Å²) in [5, 5.41) is 3.25. The Labute approximate surface area is 138 Å². The van der Waals surface area contributed by atoms with Crippen molar-refractivity contribution in [2.45, 2.75) is 64.0 Å². The molecule has 0 bridgehead atoms. The van der Waals surface area contributed by atoms with Crippen LogP contribution in [0.2, 0.25) is 0 Å². The number of rotatable bonds is 3. The second kappa shape index (κ2) is 6.52. The number of carbonyl (C=O) groups is 1. The van der Waals surface area contributed by atoms with Crippen LogP contribution in [0.1, 0.15) is 63.1 Å². The molecule has 0 saturated heterocycles. The second-order valence-electron chi connectivity index (χ2n) is 7.19. The number of nitrogens with two attached hydrogens (primary N) is 1.